The molecule has 3 N–H and O–H groups in total. The van der Waals surface area contributed by atoms with Crippen LogP contribution in [0.3, 0.4) is 0 Å². The molecule has 1 amide bonds. The number of nitrogens with zero attached hydrogens (tertiary/aromatic N) is 5. The van der Waals surface area contributed by atoms with Crippen LogP contribution in [0.4, 0.5) is 21.6 Å². The predicted octanol–water partition coefficient (Wildman–Crippen LogP) is 5.01. The van der Waals surface area contributed by atoms with Gasteiger partial charge in [-0.25, -0.2) is 9.37 Å². The molecule has 2 aromatic heterocycles. The minimum Gasteiger partial charge on any atom is -0.481 e. The van der Waals surface area contributed by atoms with Crippen molar-refractivity contribution in [3.8, 4) is 11.3 Å². The summed E-state index contributed by atoms with van der Waals surface area (Å²) in [5.41, 5.74) is 2.50. The molecule has 10 nitrogen and oxygen atoms in total. The second-order valence-electron chi connectivity index (χ2n) is 11.0. The molecule has 222 valence electrons. The van der Waals surface area contributed by atoms with Gasteiger partial charge in [0.25, 0.3) is 0 Å². The largest absolute Gasteiger partial charge is 0.481 e. The van der Waals surface area contributed by atoms with E-state index in [1.54, 1.807) is 24.4 Å². The second kappa shape index (κ2) is 13.5. The van der Waals surface area contributed by atoms with Gasteiger partial charge in [0, 0.05) is 73.6 Å². The molecule has 0 radical (unpaired) electrons. The number of carboxylic acids is 1. The summed E-state index contributed by atoms with van der Waals surface area (Å²) in [4.78, 5) is 33.0. The summed E-state index contributed by atoms with van der Waals surface area (Å²) in [7, 11) is 2.10. The maximum Gasteiger partial charge on any atom is 0.306 e. The van der Waals surface area contributed by atoms with Crippen LogP contribution in [0.25, 0.3) is 11.3 Å². The number of aromatic nitrogens is 3. The monoisotopic (exact) mass is 595 g/mol. The van der Waals surface area contributed by atoms with Crippen molar-refractivity contribution in [1.29, 1.82) is 0 Å². The lowest BCUT2D eigenvalue weighted by Crippen LogP contribution is -2.45. The summed E-state index contributed by atoms with van der Waals surface area (Å²) in [5, 5.41) is 24.9. The van der Waals surface area contributed by atoms with Gasteiger partial charge in [-0.3, -0.25) is 9.59 Å². The van der Waals surface area contributed by atoms with Crippen molar-refractivity contribution in [3.63, 3.8) is 0 Å². The van der Waals surface area contributed by atoms with Gasteiger partial charge >= 0.3 is 5.97 Å². The van der Waals surface area contributed by atoms with Gasteiger partial charge in [-0.1, -0.05) is 11.6 Å². The van der Waals surface area contributed by atoms with Gasteiger partial charge in [-0.15, -0.1) is 5.10 Å². The van der Waals surface area contributed by atoms with E-state index in [0.29, 0.717) is 72.3 Å². The zero-order valence-corrected chi connectivity index (χ0v) is 24.3. The molecule has 2 fully saturated rings. The highest BCUT2D eigenvalue weighted by molar-refractivity contribution is 6.30. The smallest absolute Gasteiger partial charge is 0.306 e. The summed E-state index contributed by atoms with van der Waals surface area (Å²) in [6.07, 6.45) is 4.36. The van der Waals surface area contributed by atoms with Crippen LogP contribution in [0.2, 0.25) is 5.02 Å². The molecule has 1 saturated heterocycles. The van der Waals surface area contributed by atoms with Crippen molar-refractivity contribution < 1.29 is 19.1 Å². The number of aliphatic carboxylic acids is 1. The van der Waals surface area contributed by atoms with Crippen LogP contribution in [0.1, 0.15) is 43.7 Å². The van der Waals surface area contributed by atoms with Crippen LogP contribution in [0.5, 0.6) is 0 Å². The fraction of sp³-hybridized carbons (Fsp3) is 0.433. The van der Waals surface area contributed by atoms with Crippen LogP contribution < -0.4 is 10.6 Å². The number of nitrogens with one attached hydrogen (secondary N) is 2. The second-order valence-corrected chi connectivity index (χ2v) is 11.5. The molecule has 0 unspecified atom stereocenters. The number of likely N-dealkylation sites (N-methyl/N-ethyl adjacent to an activating group) is 1. The molecule has 5 rings (SSSR count). The number of anilines is 3. The van der Waals surface area contributed by atoms with Crippen LogP contribution in [0, 0.1) is 11.7 Å². The van der Waals surface area contributed by atoms with Crippen LogP contribution >= 0.6 is 11.6 Å². The number of piperazine rings is 1. The third-order valence-corrected chi connectivity index (χ3v) is 8.28. The Labute approximate surface area is 249 Å². The van der Waals surface area contributed by atoms with E-state index in [9.17, 15) is 19.1 Å². The Bertz CT molecular complexity index is 1430. The highest BCUT2D eigenvalue weighted by Gasteiger charge is 2.29. The van der Waals surface area contributed by atoms with Crippen molar-refractivity contribution in [2.24, 2.45) is 5.92 Å². The van der Waals surface area contributed by atoms with E-state index in [2.05, 4.69) is 42.7 Å². The number of carbonyl (C=O) groups is 2. The van der Waals surface area contributed by atoms with Crippen molar-refractivity contribution in [2.75, 3.05) is 50.4 Å². The molecule has 1 aliphatic heterocycles. The quantitative estimate of drug-likeness (QED) is 0.313. The van der Waals surface area contributed by atoms with Crippen molar-refractivity contribution >= 4 is 40.7 Å². The number of pyridine rings is 1. The molecule has 0 bridgehead atoms. The first-order valence-corrected chi connectivity index (χ1v) is 14.6. The number of benzene rings is 1. The normalized spacial score (nSPS) is 19.8. The Morgan fingerprint density at radius 1 is 1.05 bits per heavy atom. The van der Waals surface area contributed by atoms with E-state index >= 15 is 0 Å². The molecule has 1 aromatic carbocycles. The van der Waals surface area contributed by atoms with Gasteiger partial charge in [0.1, 0.15) is 11.6 Å². The molecule has 42 heavy (non-hydrogen) atoms. The topological polar surface area (TPSA) is 124 Å². The summed E-state index contributed by atoms with van der Waals surface area (Å²) >= 11 is 6.14. The average molecular weight is 596 g/mol. The molecule has 2 aliphatic rings. The van der Waals surface area contributed by atoms with E-state index in [-0.39, 0.29) is 23.3 Å². The standard InChI is InChI=1S/C30H35ClFN7O3/c1-38-12-14-39(15-13-38)11-9-28(40)35-27-17-22(8-10-33-27)34-26-18-25(23-16-21(31)6-7-24(23)32)36-37-29(26)19-2-4-20(5-3-19)30(41)42/h6-8,10,16-20H,2-5,9,11-15H2,1H3,(H,41,42)(H2,33,34,35,36,40). The first kappa shape index (κ1) is 29.8. The third-order valence-electron chi connectivity index (χ3n) is 8.05. The Morgan fingerprint density at radius 3 is 2.55 bits per heavy atom. The molecular formula is C30H35ClFN7O3. The van der Waals surface area contributed by atoms with Gasteiger partial charge < -0.3 is 25.5 Å². The molecule has 0 spiro atoms. The Kier molecular flexibility index (Phi) is 9.61. The molecule has 0 atom stereocenters. The highest BCUT2D eigenvalue weighted by atomic mass is 35.5. The zero-order valence-electron chi connectivity index (χ0n) is 23.5. The average Bonchev–Trinajstić information content (AvgIpc) is 2.98. The number of carboxylic acid groups (broad SMARTS) is 1. The van der Waals surface area contributed by atoms with Gasteiger partial charge in [0.05, 0.1) is 23.0 Å². The summed E-state index contributed by atoms with van der Waals surface area (Å²) in [6.45, 7) is 4.58. The Hall–Kier alpha value is -3.67. The third kappa shape index (κ3) is 7.58. The molecule has 1 saturated carbocycles. The van der Waals surface area contributed by atoms with Gasteiger partial charge in [0.15, 0.2) is 0 Å². The van der Waals surface area contributed by atoms with Crippen LogP contribution in [-0.2, 0) is 9.59 Å². The number of amides is 1. The van der Waals surface area contributed by atoms with Gasteiger partial charge in [0.2, 0.25) is 5.91 Å². The zero-order chi connectivity index (χ0) is 29.6. The molecule has 12 heteroatoms. The highest BCUT2D eigenvalue weighted by Crippen LogP contribution is 2.39. The summed E-state index contributed by atoms with van der Waals surface area (Å²) in [6, 6.07) is 9.50. The predicted molar refractivity (Wildman–Crippen MR) is 159 cm³/mol. The Balaban J connectivity index is 1.34. The summed E-state index contributed by atoms with van der Waals surface area (Å²) < 4.78 is 14.7. The van der Waals surface area contributed by atoms with Crippen LogP contribution in [0.15, 0.2) is 42.6 Å². The minimum absolute atomic E-state index is 0.00977. The van der Waals surface area contributed by atoms with E-state index in [4.69, 9.17) is 11.6 Å². The van der Waals surface area contributed by atoms with Crippen LogP contribution in [-0.4, -0.2) is 81.7 Å². The first-order valence-electron chi connectivity index (χ1n) is 14.2. The molecule has 3 heterocycles. The SMILES string of the molecule is CN1CCN(CCC(=O)Nc2cc(Nc3cc(-c4cc(Cl)ccc4F)nnc3C3CCC(C(=O)O)CC3)ccn2)CC1. The fourth-order valence-electron chi connectivity index (χ4n) is 5.51. The van der Waals surface area contributed by atoms with Gasteiger partial charge in [-0.2, -0.15) is 5.10 Å². The Morgan fingerprint density at radius 2 is 1.81 bits per heavy atom. The maximum atomic E-state index is 14.7. The van der Waals surface area contributed by atoms with E-state index in [1.807, 2.05) is 0 Å². The van der Waals surface area contributed by atoms with Crippen molar-refractivity contribution in [3.05, 3.63) is 59.1 Å². The lowest BCUT2D eigenvalue weighted by atomic mass is 9.80. The van der Waals surface area contributed by atoms with E-state index < -0.39 is 11.8 Å². The number of hydrogen-bond donors (Lipinski definition) is 3. The number of rotatable bonds is 9. The van der Waals surface area contributed by atoms with E-state index in [0.717, 1.165) is 26.2 Å². The minimum atomic E-state index is -0.778. The maximum absolute atomic E-state index is 14.7. The molecular weight excluding hydrogens is 561 g/mol. The first-order chi connectivity index (χ1) is 20.2. The number of halogens is 2. The number of carbonyl (C=O) groups excluding carboxylic acids is 1. The van der Waals surface area contributed by atoms with Gasteiger partial charge in [-0.05, 0) is 63.1 Å². The van der Waals surface area contributed by atoms with E-state index in [1.165, 1.54) is 18.2 Å². The summed E-state index contributed by atoms with van der Waals surface area (Å²) in [5.74, 6) is -1.33. The molecule has 3 aromatic rings. The number of hydrogen-bond acceptors (Lipinski definition) is 8. The van der Waals surface area contributed by atoms with Crippen molar-refractivity contribution in [1.82, 2.24) is 25.0 Å². The van der Waals surface area contributed by atoms with Crippen molar-refractivity contribution in [2.45, 2.75) is 38.0 Å². The lowest BCUT2D eigenvalue weighted by molar-refractivity contribution is -0.142. The fourth-order valence-corrected chi connectivity index (χ4v) is 5.68. The molecule has 1 aliphatic carbocycles. The lowest BCUT2D eigenvalue weighted by Gasteiger charge is -2.32.